The molecule has 0 aliphatic carbocycles. The number of nitrogens with one attached hydrogen (secondary N) is 1. The van der Waals surface area contributed by atoms with Crippen molar-refractivity contribution in [2.45, 2.75) is 33.5 Å². The normalized spacial score (nSPS) is 11.2. The van der Waals surface area contributed by atoms with Crippen molar-refractivity contribution in [1.82, 2.24) is 20.0 Å². The molecular formula is C17H26N4. The van der Waals surface area contributed by atoms with Gasteiger partial charge in [0.25, 0.3) is 0 Å². The Morgan fingerprint density at radius 2 is 1.62 bits per heavy atom. The third-order valence-corrected chi connectivity index (χ3v) is 3.74. The fraction of sp³-hybridized carbons (Fsp3) is 0.471. The lowest BCUT2D eigenvalue weighted by molar-refractivity contribution is 0.296. The third-order valence-electron chi connectivity index (χ3n) is 3.74. The molecule has 0 fully saturated rings. The van der Waals surface area contributed by atoms with Crippen LogP contribution in [0.5, 0.6) is 0 Å². The van der Waals surface area contributed by atoms with E-state index in [4.69, 9.17) is 0 Å². The molecule has 1 aromatic heterocycles. The van der Waals surface area contributed by atoms with E-state index >= 15 is 0 Å². The van der Waals surface area contributed by atoms with E-state index in [1.807, 2.05) is 24.1 Å². The van der Waals surface area contributed by atoms with Gasteiger partial charge in [-0.15, -0.1) is 0 Å². The van der Waals surface area contributed by atoms with Gasteiger partial charge in [0.05, 0.1) is 6.20 Å². The Kier molecular flexibility index (Phi) is 5.96. The molecule has 4 heteroatoms. The summed E-state index contributed by atoms with van der Waals surface area (Å²) in [5.41, 5.74) is 3.92. The second kappa shape index (κ2) is 7.96. The van der Waals surface area contributed by atoms with Gasteiger partial charge in [-0.25, -0.2) is 0 Å². The average molecular weight is 286 g/mol. The molecule has 2 aromatic rings. The van der Waals surface area contributed by atoms with E-state index in [1.165, 1.54) is 16.7 Å². The lowest BCUT2D eigenvalue weighted by atomic mass is 10.1. The molecule has 4 nitrogen and oxygen atoms in total. The molecule has 1 heterocycles. The second-order valence-electron chi connectivity index (χ2n) is 5.40. The lowest BCUT2D eigenvalue weighted by Gasteiger charge is -2.18. The molecule has 0 aliphatic rings. The zero-order valence-electron chi connectivity index (χ0n) is 13.3. The van der Waals surface area contributed by atoms with Crippen molar-refractivity contribution < 1.29 is 0 Å². The van der Waals surface area contributed by atoms with Gasteiger partial charge in [0, 0.05) is 38.4 Å². The second-order valence-corrected chi connectivity index (χ2v) is 5.40. The van der Waals surface area contributed by atoms with Gasteiger partial charge in [0.15, 0.2) is 0 Å². The molecule has 0 amide bonds. The largest absolute Gasteiger partial charge is 0.309 e. The summed E-state index contributed by atoms with van der Waals surface area (Å²) in [6.45, 7) is 9.40. The van der Waals surface area contributed by atoms with Crippen molar-refractivity contribution in [2.75, 3.05) is 13.1 Å². The molecule has 0 spiro atoms. The molecular weight excluding hydrogens is 260 g/mol. The first-order valence-electron chi connectivity index (χ1n) is 7.69. The number of hydrogen-bond acceptors (Lipinski definition) is 3. The molecule has 0 radical (unpaired) electrons. The molecule has 1 aromatic carbocycles. The Morgan fingerprint density at radius 3 is 2.19 bits per heavy atom. The van der Waals surface area contributed by atoms with Gasteiger partial charge < -0.3 is 5.32 Å². The summed E-state index contributed by atoms with van der Waals surface area (Å²) in [5.74, 6) is 0. The highest BCUT2D eigenvalue weighted by Gasteiger charge is 2.01. The van der Waals surface area contributed by atoms with Gasteiger partial charge in [0.2, 0.25) is 0 Å². The van der Waals surface area contributed by atoms with Crippen LogP contribution in [0.25, 0.3) is 0 Å². The van der Waals surface area contributed by atoms with Gasteiger partial charge >= 0.3 is 0 Å². The van der Waals surface area contributed by atoms with Crippen LogP contribution in [-0.4, -0.2) is 27.8 Å². The summed E-state index contributed by atoms with van der Waals surface area (Å²) in [7, 11) is 1.94. The number of benzene rings is 1. The average Bonchev–Trinajstić information content (AvgIpc) is 2.92. The number of nitrogens with zero attached hydrogens (tertiary/aromatic N) is 3. The molecule has 0 unspecified atom stereocenters. The number of rotatable bonds is 8. The van der Waals surface area contributed by atoms with Gasteiger partial charge in [-0.1, -0.05) is 38.1 Å². The lowest BCUT2D eigenvalue weighted by Crippen LogP contribution is -2.22. The maximum atomic E-state index is 4.17. The summed E-state index contributed by atoms with van der Waals surface area (Å²) in [5, 5.41) is 7.62. The summed E-state index contributed by atoms with van der Waals surface area (Å²) in [4.78, 5) is 2.43. The maximum Gasteiger partial charge on any atom is 0.0534 e. The van der Waals surface area contributed by atoms with E-state index in [9.17, 15) is 0 Å². The summed E-state index contributed by atoms with van der Waals surface area (Å²) < 4.78 is 1.83. The maximum absolute atomic E-state index is 4.17. The minimum absolute atomic E-state index is 0.856. The van der Waals surface area contributed by atoms with Crippen molar-refractivity contribution in [3.63, 3.8) is 0 Å². The molecule has 1 N–H and O–H groups in total. The van der Waals surface area contributed by atoms with Gasteiger partial charge in [-0.2, -0.15) is 5.10 Å². The fourth-order valence-corrected chi connectivity index (χ4v) is 2.38. The van der Waals surface area contributed by atoms with Crippen LogP contribution in [0.3, 0.4) is 0 Å². The van der Waals surface area contributed by atoms with Crippen molar-refractivity contribution in [2.24, 2.45) is 7.05 Å². The summed E-state index contributed by atoms with van der Waals surface area (Å²) in [6, 6.07) is 8.91. The van der Waals surface area contributed by atoms with Crippen molar-refractivity contribution in [3.05, 3.63) is 53.3 Å². The monoisotopic (exact) mass is 286 g/mol. The quantitative estimate of drug-likeness (QED) is 0.809. The smallest absolute Gasteiger partial charge is 0.0534 e. The third kappa shape index (κ3) is 4.99. The zero-order valence-corrected chi connectivity index (χ0v) is 13.3. The van der Waals surface area contributed by atoms with Gasteiger partial charge in [0.1, 0.15) is 0 Å². The van der Waals surface area contributed by atoms with Crippen molar-refractivity contribution >= 4 is 0 Å². The minimum Gasteiger partial charge on any atom is -0.309 e. The number of hydrogen-bond donors (Lipinski definition) is 1. The van der Waals surface area contributed by atoms with E-state index in [0.29, 0.717) is 0 Å². The minimum atomic E-state index is 0.856. The van der Waals surface area contributed by atoms with Crippen LogP contribution in [-0.2, 0) is 26.7 Å². The molecule has 114 valence electrons. The highest BCUT2D eigenvalue weighted by atomic mass is 15.2. The summed E-state index contributed by atoms with van der Waals surface area (Å²) in [6.07, 6.45) is 3.94. The first kappa shape index (κ1) is 15.7. The van der Waals surface area contributed by atoms with E-state index in [1.54, 1.807) is 0 Å². The summed E-state index contributed by atoms with van der Waals surface area (Å²) >= 11 is 0. The van der Waals surface area contributed by atoms with Gasteiger partial charge in [-0.3, -0.25) is 9.58 Å². The Hall–Kier alpha value is -1.65. The van der Waals surface area contributed by atoms with E-state index in [0.717, 1.165) is 32.7 Å². The van der Waals surface area contributed by atoms with E-state index < -0.39 is 0 Å². The molecule has 2 rings (SSSR count). The highest BCUT2D eigenvalue weighted by Crippen LogP contribution is 2.08. The van der Waals surface area contributed by atoms with Gasteiger partial charge in [-0.05, 0) is 24.2 Å². The fourth-order valence-electron chi connectivity index (χ4n) is 2.38. The van der Waals surface area contributed by atoms with Crippen molar-refractivity contribution in [1.29, 1.82) is 0 Å². The predicted molar refractivity (Wildman–Crippen MR) is 86.8 cm³/mol. The van der Waals surface area contributed by atoms with Crippen molar-refractivity contribution in [3.8, 4) is 0 Å². The Balaban J connectivity index is 1.79. The molecule has 0 saturated carbocycles. The van der Waals surface area contributed by atoms with E-state index in [-0.39, 0.29) is 0 Å². The van der Waals surface area contributed by atoms with Crippen LogP contribution in [0.2, 0.25) is 0 Å². The van der Waals surface area contributed by atoms with Crippen LogP contribution in [0, 0.1) is 0 Å². The highest BCUT2D eigenvalue weighted by molar-refractivity contribution is 5.22. The van der Waals surface area contributed by atoms with Crippen LogP contribution in [0.4, 0.5) is 0 Å². The molecule has 21 heavy (non-hydrogen) atoms. The first-order valence-corrected chi connectivity index (χ1v) is 7.69. The van der Waals surface area contributed by atoms with Crippen LogP contribution in [0.15, 0.2) is 36.7 Å². The number of aryl methyl sites for hydroxylation is 1. The molecule has 0 atom stereocenters. The van der Waals surface area contributed by atoms with Crippen LogP contribution < -0.4 is 5.32 Å². The topological polar surface area (TPSA) is 33.1 Å². The zero-order chi connectivity index (χ0) is 15.1. The molecule has 0 bridgehead atoms. The van der Waals surface area contributed by atoms with Crippen LogP contribution >= 0.6 is 0 Å². The molecule has 0 saturated heterocycles. The van der Waals surface area contributed by atoms with E-state index in [2.05, 4.69) is 53.4 Å². The van der Waals surface area contributed by atoms with Crippen LogP contribution in [0.1, 0.15) is 30.5 Å². The SMILES string of the molecule is CCN(CC)Cc1ccc(CNCc2cnn(C)c2)cc1. The number of aromatic nitrogens is 2. The Morgan fingerprint density at radius 1 is 1.00 bits per heavy atom. The standard InChI is InChI=1S/C17H26N4/c1-4-21(5-2)14-16-8-6-15(7-9-16)10-18-11-17-12-19-20(3)13-17/h6-9,12-13,18H,4-5,10-11,14H2,1-3H3. The predicted octanol–water partition coefficient (Wildman–Crippen LogP) is 2.55. The Bertz CT molecular complexity index is 526. The Labute approximate surface area is 127 Å². The first-order chi connectivity index (χ1) is 10.2. The molecule has 0 aliphatic heterocycles.